The molecule has 5 nitrogen and oxygen atoms in total. The maximum Gasteiger partial charge on any atom is 0.191 e. The van der Waals surface area contributed by atoms with Crippen LogP contribution in [0.4, 0.5) is 0 Å². The summed E-state index contributed by atoms with van der Waals surface area (Å²) in [5, 5.41) is 6.76. The zero-order valence-electron chi connectivity index (χ0n) is 16.5. The zero-order chi connectivity index (χ0) is 17.9. The number of hydrogen-bond acceptors (Lipinski definition) is 3. The second-order valence-electron chi connectivity index (χ2n) is 6.93. The SMILES string of the molecule is CN=C(NCCCCN1CCC(C)CC1)NCc1ccc(OC)cc1.I. The van der Waals surface area contributed by atoms with Gasteiger partial charge in [-0.1, -0.05) is 19.1 Å². The molecule has 1 aromatic rings. The van der Waals surface area contributed by atoms with Gasteiger partial charge in [0.05, 0.1) is 7.11 Å². The van der Waals surface area contributed by atoms with E-state index in [4.69, 9.17) is 4.74 Å². The first-order valence-electron chi connectivity index (χ1n) is 9.51. The van der Waals surface area contributed by atoms with Gasteiger partial charge in [-0.05, 0) is 68.9 Å². The highest BCUT2D eigenvalue weighted by molar-refractivity contribution is 14.0. The van der Waals surface area contributed by atoms with Crippen molar-refractivity contribution in [2.75, 3.05) is 40.3 Å². The molecule has 2 N–H and O–H groups in total. The number of halogens is 1. The Bertz CT molecular complexity index is 513. The first kappa shape index (κ1) is 23.0. The minimum Gasteiger partial charge on any atom is -0.497 e. The Kier molecular flexibility index (Phi) is 11.7. The van der Waals surface area contributed by atoms with Crippen molar-refractivity contribution in [1.82, 2.24) is 15.5 Å². The average Bonchev–Trinajstić information content (AvgIpc) is 2.66. The zero-order valence-corrected chi connectivity index (χ0v) is 18.8. The lowest BCUT2D eigenvalue weighted by Gasteiger charge is -2.30. The second-order valence-corrected chi connectivity index (χ2v) is 6.93. The van der Waals surface area contributed by atoms with Crippen molar-refractivity contribution in [2.45, 2.75) is 39.2 Å². The highest BCUT2D eigenvalue weighted by Gasteiger charge is 2.14. The monoisotopic (exact) mass is 474 g/mol. The van der Waals surface area contributed by atoms with E-state index in [9.17, 15) is 0 Å². The fraction of sp³-hybridized carbons (Fsp3) is 0.650. The molecule has 26 heavy (non-hydrogen) atoms. The lowest BCUT2D eigenvalue weighted by atomic mass is 9.99. The molecule has 0 atom stereocenters. The van der Waals surface area contributed by atoms with Crippen LogP contribution < -0.4 is 15.4 Å². The van der Waals surface area contributed by atoms with E-state index < -0.39 is 0 Å². The fourth-order valence-corrected chi connectivity index (χ4v) is 3.10. The molecule has 1 aromatic carbocycles. The predicted octanol–water partition coefficient (Wildman–Crippen LogP) is 3.49. The van der Waals surface area contributed by atoms with Crippen molar-refractivity contribution < 1.29 is 4.74 Å². The molecule has 0 aromatic heterocycles. The molecule has 148 valence electrons. The van der Waals surface area contributed by atoms with Gasteiger partial charge < -0.3 is 20.3 Å². The first-order chi connectivity index (χ1) is 12.2. The highest BCUT2D eigenvalue weighted by atomic mass is 127. The predicted molar refractivity (Wildman–Crippen MR) is 121 cm³/mol. The van der Waals surface area contributed by atoms with Crippen LogP contribution >= 0.6 is 24.0 Å². The largest absolute Gasteiger partial charge is 0.497 e. The van der Waals surface area contributed by atoms with Crippen molar-refractivity contribution in [3.63, 3.8) is 0 Å². The van der Waals surface area contributed by atoms with E-state index in [1.807, 2.05) is 19.2 Å². The lowest BCUT2D eigenvalue weighted by molar-refractivity contribution is 0.189. The Hall–Kier alpha value is -1.02. The van der Waals surface area contributed by atoms with E-state index in [-0.39, 0.29) is 24.0 Å². The smallest absolute Gasteiger partial charge is 0.191 e. The third-order valence-corrected chi connectivity index (χ3v) is 4.91. The Morgan fingerprint density at radius 1 is 1.15 bits per heavy atom. The highest BCUT2D eigenvalue weighted by Crippen LogP contribution is 2.16. The van der Waals surface area contributed by atoms with Crippen LogP contribution in [0.15, 0.2) is 29.3 Å². The second kappa shape index (κ2) is 13.2. The van der Waals surface area contributed by atoms with Crippen molar-refractivity contribution in [3.8, 4) is 5.75 Å². The van der Waals surface area contributed by atoms with E-state index in [1.54, 1.807) is 7.11 Å². The molecule has 1 saturated heterocycles. The van der Waals surface area contributed by atoms with Crippen LogP contribution in [0.3, 0.4) is 0 Å². The van der Waals surface area contributed by atoms with Crippen LogP contribution in [0.1, 0.15) is 38.2 Å². The molecular weight excluding hydrogens is 439 g/mol. The number of likely N-dealkylation sites (tertiary alicyclic amines) is 1. The van der Waals surface area contributed by atoms with Gasteiger partial charge in [0.15, 0.2) is 5.96 Å². The number of piperidine rings is 1. The molecule has 0 spiro atoms. The molecule has 1 heterocycles. The third-order valence-electron chi connectivity index (χ3n) is 4.91. The Morgan fingerprint density at radius 2 is 1.85 bits per heavy atom. The molecule has 1 aliphatic rings. The van der Waals surface area contributed by atoms with Crippen LogP contribution in [0.2, 0.25) is 0 Å². The van der Waals surface area contributed by atoms with Gasteiger partial charge in [0.1, 0.15) is 5.75 Å². The van der Waals surface area contributed by atoms with Gasteiger partial charge in [-0.25, -0.2) is 0 Å². The van der Waals surface area contributed by atoms with Crippen molar-refractivity contribution in [2.24, 2.45) is 10.9 Å². The van der Waals surface area contributed by atoms with Gasteiger partial charge in [0.25, 0.3) is 0 Å². The van der Waals surface area contributed by atoms with Crippen molar-refractivity contribution in [3.05, 3.63) is 29.8 Å². The van der Waals surface area contributed by atoms with Gasteiger partial charge in [-0.3, -0.25) is 4.99 Å². The molecule has 0 saturated carbocycles. The number of benzene rings is 1. The van der Waals surface area contributed by atoms with E-state index in [1.165, 1.54) is 50.9 Å². The normalized spacial score (nSPS) is 16.0. The minimum atomic E-state index is 0. The van der Waals surface area contributed by atoms with Gasteiger partial charge in [0, 0.05) is 20.1 Å². The number of nitrogens with zero attached hydrogens (tertiary/aromatic N) is 2. The standard InChI is InChI=1S/C20H34N4O.HI/c1-17-10-14-24(15-11-17)13-5-4-12-22-20(21-2)23-16-18-6-8-19(25-3)9-7-18;/h6-9,17H,4-5,10-16H2,1-3H3,(H2,21,22,23);1H. The number of rotatable bonds is 8. The lowest BCUT2D eigenvalue weighted by Crippen LogP contribution is -2.38. The van der Waals surface area contributed by atoms with Crippen LogP contribution in [-0.4, -0.2) is 51.2 Å². The summed E-state index contributed by atoms with van der Waals surface area (Å²) in [5.74, 6) is 2.66. The summed E-state index contributed by atoms with van der Waals surface area (Å²) in [5.41, 5.74) is 1.21. The molecule has 0 amide bonds. The fourth-order valence-electron chi connectivity index (χ4n) is 3.10. The van der Waals surface area contributed by atoms with E-state index >= 15 is 0 Å². The molecule has 0 radical (unpaired) electrons. The Labute approximate surface area is 176 Å². The van der Waals surface area contributed by atoms with E-state index in [0.717, 1.165) is 30.7 Å². The maximum absolute atomic E-state index is 5.18. The molecule has 1 aliphatic heterocycles. The van der Waals surface area contributed by atoms with Crippen molar-refractivity contribution in [1.29, 1.82) is 0 Å². The number of hydrogen-bond donors (Lipinski definition) is 2. The van der Waals surface area contributed by atoms with E-state index in [2.05, 4.69) is 39.6 Å². The summed E-state index contributed by atoms with van der Waals surface area (Å²) >= 11 is 0. The molecule has 0 bridgehead atoms. The van der Waals surface area contributed by atoms with Crippen molar-refractivity contribution >= 4 is 29.9 Å². The van der Waals surface area contributed by atoms with Crippen LogP contribution in [0, 0.1) is 5.92 Å². The molecule has 0 unspecified atom stereocenters. The third kappa shape index (κ3) is 8.58. The van der Waals surface area contributed by atoms with E-state index in [0.29, 0.717) is 0 Å². The number of aliphatic imine (C=N–C) groups is 1. The molecule has 6 heteroatoms. The van der Waals surface area contributed by atoms with Gasteiger partial charge >= 0.3 is 0 Å². The van der Waals surface area contributed by atoms with Crippen LogP contribution in [-0.2, 0) is 6.54 Å². The average molecular weight is 474 g/mol. The topological polar surface area (TPSA) is 48.9 Å². The maximum atomic E-state index is 5.18. The summed E-state index contributed by atoms with van der Waals surface area (Å²) < 4.78 is 5.18. The number of ether oxygens (including phenoxy) is 1. The summed E-state index contributed by atoms with van der Waals surface area (Å²) in [6, 6.07) is 8.10. The number of nitrogens with one attached hydrogen (secondary N) is 2. The molecule has 0 aliphatic carbocycles. The van der Waals surface area contributed by atoms with Crippen LogP contribution in [0.25, 0.3) is 0 Å². The number of guanidine groups is 1. The minimum absolute atomic E-state index is 0. The van der Waals surface area contributed by atoms with Gasteiger partial charge in [-0.2, -0.15) is 0 Å². The number of methoxy groups -OCH3 is 1. The first-order valence-corrected chi connectivity index (χ1v) is 9.51. The summed E-state index contributed by atoms with van der Waals surface area (Å²) in [6.07, 6.45) is 5.15. The Balaban J connectivity index is 0.00000338. The molecule has 2 rings (SSSR count). The summed E-state index contributed by atoms with van der Waals surface area (Å²) in [7, 11) is 3.50. The molecular formula is C20H35IN4O. The summed E-state index contributed by atoms with van der Waals surface area (Å²) in [4.78, 5) is 6.90. The quantitative estimate of drug-likeness (QED) is 0.262. The molecule has 1 fully saturated rings. The van der Waals surface area contributed by atoms with Gasteiger partial charge in [-0.15, -0.1) is 24.0 Å². The Morgan fingerprint density at radius 3 is 2.46 bits per heavy atom. The number of unbranched alkanes of at least 4 members (excludes halogenated alkanes) is 1. The van der Waals surface area contributed by atoms with Gasteiger partial charge in [0.2, 0.25) is 0 Å². The van der Waals surface area contributed by atoms with Crippen LogP contribution in [0.5, 0.6) is 5.75 Å². The summed E-state index contributed by atoms with van der Waals surface area (Å²) in [6.45, 7) is 7.87.